The monoisotopic (exact) mass is 594 g/mol. The molecule has 0 aromatic carbocycles. The molecule has 214 valence electrons. The average molecular weight is 594 g/mol. The molecule has 24 heteroatoms. The Morgan fingerprint density at radius 2 is 0.861 bits per heavy atom. The van der Waals surface area contributed by atoms with Crippen molar-refractivity contribution in [3.8, 4) is 0 Å². The van der Waals surface area contributed by atoms with Crippen molar-refractivity contribution in [3.05, 3.63) is 24.0 Å². The number of ether oxygens (including phenoxy) is 2. The van der Waals surface area contributed by atoms with Gasteiger partial charge < -0.3 is 4.74 Å². The van der Waals surface area contributed by atoms with Crippen molar-refractivity contribution < 1.29 is 106 Å². The Bertz CT molecular complexity index is 872. The molecule has 2 unspecified atom stereocenters. The van der Waals surface area contributed by atoms with E-state index < -0.39 is 71.9 Å². The highest BCUT2D eigenvalue weighted by molar-refractivity contribution is 5.24. The first-order valence-electron chi connectivity index (χ1n) is 7.22. The molecule has 0 aromatic heterocycles. The molecule has 0 radical (unpaired) electrons. The lowest BCUT2D eigenvalue weighted by atomic mass is 9.83. The van der Waals surface area contributed by atoms with E-state index in [4.69, 9.17) is 0 Å². The molecule has 0 aliphatic carbocycles. The molecule has 0 aliphatic rings. The van der Waals surface area contributed by atoms with Crippen LogP contribution in [0.5, 0.6) is 0 Å². The van der Waals surface area contributed by atoms with Gasteiger partial charge in [0.2, 0.25) is 5.83 Å². The Labute approximate surface area is 179 Å². The van der Waals surface area contributed by atoms with E-state index in [1.54, 1.807) is 4.74 Å². The maximum atomic E-state index is 14.0. The van der Waals surface area contributed by atoms with Gasteiger partial charge in [-0.3, -0.25) is 4.74 Å². The highest BCUT2D eigenvalue weighted by Gasteiger charge is 2.95. The van der Waals surface area contributed by atoms with Crippen molar-refractivity contribution in [2.24, 2.45) is 0 Å². The molecule has 0 spiro atoms. The molecule has 0 heterocycles. The van der Waals surface area contributed by atoms with E-state index in [9.17, 15) is 96.6 Å². The summed E-state index contributed by atoms with van der Waals surface area (Å²) in [6, 6.07) is -4.20. The predicted octanol–water partition coefficient (Wildman–Crippen LogP) is 8.09. The number of alkyl halides is 16. The Balaban J connectivity index is 7.42. The molecule has 0 amide bonds. The number of rotatable bonds is 9. The molecule has 0 aromatic rings. The molecular formula is C12F22O2. The third-order valence-corrected chi connectivity index (χ3v) is 3.44. The van der Waals surface area contributed by atoms with Gasteiger partial charge in [0.1, 0.15) is 0 Å². The van der Waals surface area contributed by atoms with Gasteiger partial charge in [0.25, 0.3) is 0 Å². The number of halogens is 22. The molecule has 0 bridgehead atoms. The zero-order chi connectivity index (χ0) is 29.7. The number of hydrogen-bond acceptors (Lipinski definition) is 2. The second-order valence-electron chi connectivity index (χ2n) is 5.74. The fraction of sp³-hybridized carbons (Fsp3) is 0.667. The van der Waals surface area contributed by atoms with Crippen LogP contribution in [0.4, 0.5) is 96.6 Å². The van der Waals surface area contributed by atoms with Crippen LogP contribution in [-0.4, -0.2) is 47.9 Å². The van der Waals surface area contributed by atoms with Gasteiger partial charge in [-0.1, -0.05) is 0 Å². The quantitative estimate of drug-likeness (QED) is 0.199. The molecule has 2 atom stereocenters. The van der Waals surface area contributed by atoms with E-state index in [0.717, 1.165) is 4.74 Å². The summed E-state index contributed by atoms with van der Waals surface area (Å²) in [5, 5.41) is 0. The van der Waals surface area contributed by atoms with E-state index in [-0.39, 0.29) is 0 Å². The van der Waals surface area contributed by atoms with E-state index in [1.807, 2.05) is 0 Å². The Kier molecular flexibility index (Phi) is 8.63. The highest BCUT2D eigenvalue weighted by atomic mass is 19.4. The molecule has 0 N–H and O–H groups in total. The molecule has 0 fully saturated rings. The lowest BCUT2D eigenvalue weighted by Gasteiger charge is -2.45. The Morgan fingerprint density at radius 1 is 0.472 bits per heavy atom. The van der Waals surface area contributed by atoms with Crippen LogP contribution in [0, 0.1) is 0 Å². The summed E-state index contributed by atoms with van der Waals surface area (Å²) in [4.78, 5) is 0. The zero-order valence-corrected chi connectivity index (χ0v) is 15.1. The van der Waals surface area contributed by atoms with Crippen molar-refractivity contribution in [2.75, 3.05) is 0 Å². The van der Waals surface area contributed by atoms with Gasteiger partial charge in [0.05, 0.1) is 0 Å². The molecule has 0 rings (SSSR count). The summed E-state index contributed by atoms with van der Waals surface area (Å²) in [5.74, 6) is -31.7. The fourth-order valence-electron chi connectivity index (χ4n) is 1.79. The maximum absolute atomic E-state index is 14.0. The molecule has 2 nitrogen and oxygen atoms in total. The van der Waals surface area contributed by atoms with Crippen LogP contribution in [0.3, 0.4) is 0 Å². The minimum Gasteiger partial charge on any atom is -0.396 e. The van der Waals surface area contributed by atoms with Gasteiger partial charge in [-0.25, -0.2) is 4.39 Å². The van der Waals surface area contributed by atoms with E-state index in [2.05, 4.69) is 0 Å². The third kappa shape index (κ3) is 5.08. The van der Waals surface area contributed by atoms with Crippen LogP contribution in [0.1, 0.15) is 0 Å². The van der Waals surface area contributed by atoms with Crippen molar-refractivity contribution in [1.82, 2.24) is 0 Å². The summed E-state index contributed by atoms with van der Waals surface area (Å²) in [5.41, 5.74) is -9.02. The van der Waals surface area contributed by atoms with Crippen LogP contribution >= 0.6 is 0 Å². The van der Waals surface area contributed by atoms with Crippen LogP contribution < -0.4 is 0 Å². The summed E-state index contributed by atoms with van der Waals surface area (Å²) >= 11 is 0. The average Bonchev–Trinajstić information content (AvgIpc) is 2.63. The van der Waals surface area contributed by atoms with Crippen molar-refractivity contribution in [1.29, 1.82) is 0 Å². The third-order valence-electron chi connectivity index (χ3n) is 3.44. The van der Waals surface area contributed by atoms with Gasteiger partial charge >= 0.3 is 66.1 Å². The lowest BCUT2D eigenvalue weighted by Crippen LogP contribution is -2.76. The summed E-state index contributed by atoms with van der Waals surface area (Å²) in [6.45, 7) is 0. The fourth-order valence-corrected chi connectivity index (χ4v) is 1.79. The SMILES string of the molecule is FC(F)=C(F)OC(F)(F)C(F)(F)OC(F)(C(F)(F)F)C(F)(F)C(F)(C(F)(F)F)C(F)(F)C(F)=C(F)F. The molecule has 0 saturated carbocycles. The van der Waals surface area contributed by atoms with E-state index in [1.165, 1.54) is 0 Å². The van der Waals surface area contributed by atoms with E-state index >= 15 is 0 Å². The summed E-state index contributed by atoms with van der Waals surface area (Å²) in [7, 11) is 0. The van der Waals surface area contributed by atoms with Crippen molar-refractivity contribution in [2.45, 2.75) is 47.9 Å². The largest absolute Gasteiger partial charge is 0.495 e. The number of allylic oxidation sites excluding steroid dienone is 1. The molecule has 0 saturated heterocycles. The van der Waals surface area contributed by atoms with Crippen LogP contribution in [0.2, 0.25) is 0 Å². The molecule has 36 heavy (non-hydrogen) atoms. The highest BCUT2D eigenvalue weighted by Crippen LogP contribution is 2.64. The van der Waals surface area contributed by atoms with Gasteiger partial charge in [-0.05, 0) is 0 Å². The summed E-state index contributed by atoms with van der Waals surface area (Å²) in [6.07, 6.45) is -41.7. The van der Waals surface area contributed by atoms with Crippen molar-refractivity contribution in [3.63, 3.8) is 0 Å². The second-order valence-corrected chi connectivity index (χ2v) is 5.74. The topological polar surface area (TPSA) is 18.5 Å². The van der Waals surface area contributed by atoms with Gasteiger partial charge in [-0.15, -0.1) is 0 Å². The van der Waals surface area contributed by atoms with Gasteiger partial charge in [0.15, 0.2) is 0 Å². The molecular weight excluding hydrogens is 594 g/mol. The van der Waals surface area contributed by atoms with Gasteiger partial charge in [0, 0.05) is 0 Å². The summed E-state index contributed by atoms with van der Waals surface area (Å²) < 4.78 is 286. The van der Waals surface area contributed by atoms with E-state index in [0.29, 0.717) is 0 Å². The maximum Gasteiger partial charge on any atom is 0.495 e. The van der Waals surface area contributed by atoms with Gasteiger partial charge in [-0.2, -0.15) is 92.2 Å². The van der Waals surface area contributed by atoms with Crippen LogP contribution in [0.15, 0.2) is 24.0 Å². The Hall–Kier alpha value is -2.30. The first-order valence-corrected chi connectivity index (χ1v) is 7.22. The first kappa shape index (κ1) is 33.7. The minimum atomic E-state index is -9.20. The number of hydrogen-bond donors (Lipinski definition) is 0. The van der Waals surface area contributed by atoms with Crippen LogP contribution in [0.25, 0.3) is 0 Å². The lowest BCUT2D eigenvalue weighted by molar-refractivity contribution is -0.532. The second kappa shape index (κ2) is 9.22. The van der Waals surface area contributed by atoms with Crippen LogP contribution in [-0.2, 0) is 9.47 Å². The van der Waals surface area contributed by atoms with Crippen molar-refractivity contribution >= 4 is 0 Å². The standard InChI is InChI=1S/C12F22O2/c13-1(2(14)15)5(19,20)6(21,9(25,26)27)7(22,23)8(24,10(28,29)30)36-12(33,34)11(31,32)35-4(18)3(16)17. The molecule has 0 aliphatic heterocycles. The Morgan fingerprint density at radius 3 is 1.14 bits per heavy atom. The zero-order valence-electron chi connectivity index (χ0n) is 15.1. The normalized spacial score (nSPS) is 17.7. The predicted molar refractivity (Wildman–Crippen MR) is 62.4 cm³/mol. The first-order chi connectivity index (χ1) is 15.4. The minimum absolute atomic E-state index is 1.09. The smallest absolute Gasteiger partial charge is 0.396 e.